The van der Waals surface area contributed by atoms with E-state index < -0.39 is 0 Å². The zero-order valence-corrected chi connectivity index (χ0v) is 13.9. The van der Waals surface area contributed by atoms with Gasteiger partial charge in [-0.1, -0.05) is 32.0 Å². The van der Waals surface area contributed by atoms with Crippen molar-refractivity contribution in [1.29, 1.82) is 0 Å². The molecular weight excluding hydrogens is 292 g/mol. The van der Waals surface area contributed by atoms with Crippen LogP contribution in [0.25, 0.3) is 0 Å². The lowest BCUT2D eigenvalue weighted by Gasteiger charge is -2.34. The minimum absolute atomic E-state index is 0.0564. The van der Waals surface area contributed by atoms with Gasteiger partial charge in [-0.05, 0) is 18.1 Å². The summed E-state index contributed by atoms with van der Waals surface area (Å²) in [7, 11) is 0. The lowest BCUT2D eigenvalue weighted by molar-refractivity contribution is -0.122. The van der Waals surface area contributed by atoms with Gasteiger partial charge in [0.2, 0.25) is 5.91 Å². The quantitative estimate of drug-likeness (QED) is 0.867. The van der Waals surface area contributed by atoms with Gasteiger partial charge in [0.25, 0.3) is 0 Å². The molecule has 2 N–H and O–H groups in total. The van der Waals surface area contributed by atoms with Crippen molar-refractivity contribution < 1.29 is 9.59 Å². The van der Waals surface area contributed by atoms with E-state index >= 15 is 0 Å². The second kappa shape index (κ2) is 8.53. The monoisotopic (exact) mass is 318 g/mol. The second-order valence-corrected chi connectivity index (χ2v) is 6.26. The van der Waals surface area contributed by atoms with Gasteiger partial charge in [-0.3, -0.25) is 9.69 Å². The molecule has 1 saturated heterocycles. The fourth-order valence-electron chi connectivity index (χ4n) is 2.41. The summed E-state index contributed by atoms with van der Waals surface area (Å²) in [6, 6.07) is 9.35. The molecule has 3 amide bonds. The highest BCUT2D eigenvalue weighted by Gasteiger charge is 2.22. The van der Waals surface area contributed by atoms with Crippen LogP contribution in [0.5, 0.6) is 0 Å². The third-order valence-corrected chi connectivity index (χ3v) is 3.76. The first kappa shape index (κ1) is 17.3. The van der Waals surface area contributed by atoms with Crippen LogP contribution in [-0.4, -0.2) is 61.0 Å². The molecule has 2 rings (SSSR count). The highest BCUT2D eigenvalue weighted by atomic mass is 16.2. The molecule has 0 aliphatic carbocycles. The zero-order chi connectivity index (χ0) is 16.7. The topological polar surface area (TPSA) is 64.7 Å². The molecule has 0 saturated carbocycles. The average molecular weight is 318 g/mol. The number of nitrogens with zero attached hydrogens (tertiary/aromatic N) is 2. The first-order valence-corrected chi connectivity index (χ1v) is 8.14. The molecule has 0 atom stereocenters. The van der Waals surface area contributed by atoms with E-state index in [2.05, 4.69) is 29.4 Å². The van der Waals surface area contributed by atoms with Crippen molar-refractivity contribution in [2.45, 2.75) is 13.8 Å². The van der Waals surface area contributed by atoms with Gasteiger partial charge in [0.05, 0.1) is 6.54 Å². The Morgan fingerprint density at radius 2 is 1.74 bits per heavy atom. The van der Waals surface area contributed by atoms with E-state index in [-0.39, 0.29) is 11.9 Å². The van der Waals surface area contributed by atoms with E-state index in [1.807, 2.05) is 30.3 Å². The Morgan fingerprint density at radius 1 is 1.09 bits per heavy atom. The normalized spacial score (nSPS) is 15.5. The average Bonchev–Trinajstić information content (AvgIpc) is 2.54. The zero-order valence-electron chi connectivity index (χ0n) is 13.9. The van der Waals surface area contributed by atoms with Crippen LogP contribution < -0.4 is 10.6 Å². The van der Waals surface area contributed by atoms with Crippen molar-refractivity contribution in [3.05, 3.63) is 30.3 Å². The number of carbonyl (C=O) groups is 2. The van der Waals surface area contributed by atoms with Crippen LogP contribution in [0.1, 0.15) is 13.8 Å². The van der Waals surface area contributed by atoms with E-state index in [1.54, 1.807) is 4.90 Å². The lowest BCUT2D eigenvalue weighted by Crippen LogP contribution is -2.52. The lowest BCUT2D eigenvalue weighted by atomic mass is 10.2. The maximum absolute atomic E-state index is 12.2. The molecule has 1 heterocycles. The largest absolute Gasteiger partial charge is 0.355 e. The van der Waals surface area contributed by atoms with E-state index in [4.69, 9.17) is 0 Å². The molecule has 0 aromatic heterocycles. The first-order valence-electron chi connectivity index (χ1n) is 8.14. The number of piperazine rings is 1. The highest BCUT2D eigenvalue weighted by Crippen LogP contribution is 2.08. The van der Waals surface area contributed by atoms with Gasteiger partial charge in [0.1, 0.15) is 0 Å². The van der Waals surface area contributed by atoms with Crippen LogP contribution in [0.4, 0.5) is 10.5 Å². The smallest absolute Gasteiger partial charge is 0.321 e. The Bertz CT molecular complexity index is 511. The molecule has 126 valence electrons. The number of anilines is 1. The number of rotatable bonds is 5. The molecule has 6 nitrogen and oxygen atoms in total. The number of hydrogen-bond acceptors (Lipinski definition) is 3. The Labute approximate surface area is 137 Å². The third kappa shape index (κ3) is 5.90. The van der Waals surface area contributed by atoms with Crippen molar-refractivity contribution in [1.82, 2.24) is 15.1 Å². The molecule has 6 heteroatoms. The van der Waals surface area contributed by atoms with Crippen LogP contribution in [0, 0.1) is 5.92 Å². The maximum Gasteiger partial charge on any atom is 0.321 e. The molecule has 0 unspecified atom stereocenters. The molecule has 1 aromatic carbocycles. The predicted octanol–water partition coefficient (Wildman–Crippen LogP) is 1.61. The van der Waals surface area contributed by atoms with Crippen LogP contribution in [0.2, 0.25) is 0 Å². The van der Waals surface area contributed by atoms with Gasteiger partial charge in [-0.15, -0.1) is 0 Å². The molecule has 0 spiro atoms. The number of carbonyl (C=O) groups excluding carboxylic acids is 2. The van der Waals surface area contributed by atoms with E-state index in [9.17, 15) is 9.59 Å². The number of benzene rings is 1. The van der Waals surface area contributed by atoms with Crippen molar-refractivity contribution in [2.24, 2.45) is 5.92 Å². The Morgan fingerprint density at radius 3 is 2.35 bits per heavy atom. The number of urea groups is 1. The van der Waals surface area contributed by atoms with E-state index in [0.717, 1.165) is 18.8 Å². The second-order valence-electron chi connectivity index (χ2n) is 6.26. The van der Waals surface area contributed by atoms with Crippen LogP contribution in [0.3, 0.4) is 0 Å². The first-order chi connectivity index (χ1) is 11.0. The van der Waals surface area contributed by atoms with Crippen LogP contribution >= 0.6 is 0 Å². The fraction of sp³-hybridized carbons (Fsp3) is 0.529. The van der Waals surface area contributed by atoms with E-state index in [1.165, 1.54) is 0 Å². The van der Waals surface area contributed by atoms with Gasteiger partial charge in [0, 0.05) is 38.4 Å². The minimum atomic E-state index is -0.0832. The number of hydrogen-bond donors (Lipinski definition) is 2. The molecule has 23 heavy (non-hydrogen) atoms. The molecule has 0 bridgehead atoms. The summed E-state index contributed by atoms with van der Waals surface area (Å²) in [6.07, 6.45) is 0. The Balaban J connectivity index is 1.71. The standard InChI is InChI=1S/C17H26N4O2/c1-14(2)12-18-16(22)13-20-8-10-21(11-9-20)17(23)19-15-6-4-3-5-7-15/h3-7,14H,8-13H2,1-2H3,(H,18,22)(H,19,23). The van der Waals surface area contributed by atoms with Crippen molar-refractivity contribution in [3.8, 4) is 0 Å². The number of para-hydroxylation sites is 1. The summed E-state index contributed by atoms with van der Waals surface area (Å²) in [6.45, 7) is 7.97. The fourth-order valence-corrected chi connectivity index (χ4v) is 2.41. The van der Waals surface area contributed by atoms with Gasteiger partial charge >= 0.3 is 6.03 Å². The highest BCUT2D eigenvalue weighted by molar-refractivity contribution is 5.89. The molecule has 1 aliphatic heterocycles. The molecule has 1 aliphatic rings. The molecule has 1 aromatic rings. The van der Waals surface area contributed by atoms with Crippen LogP contribution in [-0.2, 0) is 4.79 Å². The summed E-state index contributed by atoms with van der Waals surface area (Å²) < 4.78 is 0. The number of amides is 3. The SMILES string of the molecule is CC(C)CNC(=O)CN1CCN(C(=O)Nc2ccccc2)CC1. The molecule has 0 radical (unpaired) electrons. The van der Waals surface area contributed by atoms with Gasteiger partial charge in [-0.25, -0.2) is 4.79 Å². The van der Waals surface area contributed by atoms with E-state index in [0.29, 0.717) is 32.1 Å². The Hall–Kier alpha value is -2.08. The summed E-state index contributed by atoms with van der Waals surface area (Å²) in [4.78, 5) is 27.9. The summed E-state index contributed by atoms with van der Waals surface area (Å²) in [5.41, 5.74) is 0.799. The summed E-state index contributed by atoms with van der Waals surface area (Å²) in [5, 5.41) is 5.81. The summed E-state index contributed by atoms with van der Waals surface area (Å²) >= 11 is 0. The minimum Gasteiger partial charge on any atom is -0.355 e. The predicted molar refractivity (Wildman–Crippen MR) is 91.3 cm³/mol. The molecule has 1 fully saturated rings. The third-order valence-electron chi connectivity index (χ3n) is 3.76. The van der Waals surface area contributed by atoms with Crippen molar-refractivity contribution in [3.63, 3.8) is 0 Å². The van der Waals surface area contributed by atoms with Crippen molar-refractivity contribution >= 4 is 17.6 Å². The van der Waals surface area contributed by atoms with Gasteiger partial charge in [-0.2, -0.15) is 0 Å². The Kier molecular flexibility index (Phi) is 6.40. The van der Waals surface area contributed by atoms with Gasteiger partial charge in [0.15, 0.2) is 0 Å². The number of nitrogens with one attached hydrogen (secondary N) is 2. The van der Waals surface area contributed by atoms with Crippen molar-refractivity contribution in [2.75, 3.05) is 44.6 Å². The van der Waals surface area contributed by atoms with Gasteiger partial charge < -0.3 is 15.5 Å². The maximum atomic E-state index is 12.2. The molecular formula is C17H26N4O2. The summed E-state index contributed by atoms with van der Waals surface area (Å²) in [5.74, 6) is 0.512. The van der Waals surface area contributed by atoms with Crippen LogP contribution in [0.15, 0.2) is 30.3 Å².